The molecule has 2 rings (SSSR count). The lowest BCUT2D eigenvalue weighted by molar-refractivity contribution is -0.128. The number of carbonyl (C=O) groups is 2. The van der Waals surface area contributed by atoms with Crippen LogP contribution in [0.1, 0.15) is 24.2 Å². The Balaban J connectivity index is 1.89. The van der Waals surface area contributed by atoms with E-state index in [1.807, 2.05) is 12.3 Å². The molecule has 0 saturated heterocycles. The SMILES string of the molecule is CCOc1ccc(OC(C)C(=O)NNC(=O)c2c(F)cccc2F)cc1. The second kappa shape index (κ2) is 8.80. The first-order valence-corrected chi connectivity index (χ1v) is 7.86. The van der Waals surface area contributed by atoms with Crippen LogP contribution in [0.2, 0.25) is 0 Å². The summed E-state index contributed by atoms with van der Waals surface area (Å²) in [5.41, 5.74) is 3.24. The highest BCUT2D eigenvalue weighted by Gasteiger charge is 2.20. The van der Waals surface area contributed by atoms with E-state index in [2.05, 4.69) is 5.43 Å². The van der Waals surface area contributed by atoms with Gasteiger partial charge in [0, 0.05) is 0 Å². The van der Waals surface area contributed by atoms with Crippen molar-refractivity contribution in [3.63, 3.8) is 0 Å². The highest BCUT2D eigenvalue weighted by molar-refractivity contribution is 5.96. The van der Waals surface area contributed by atoms with Crippen LogP contribution in [0.15, 0.2) is 42.5 Å². The Morgan fingerprint density at radius 3 is 2.15 bits per heavy atom. The lowest BCUT2D eigenvalue weighted by atomic mass is 10.2. The number of hydrogen-bond acceptors (Lipinski definition) is 4. The van der Waals surface area contributed by atoms with E-state index in [-0.39, 0.29) is 0 Å². The van der Waals surface area contributed by atoms with E-state index in [1.165, 1.54) is 6.92 Å². The normalized spacial score (nSPS) is 11.4. The summed E-state index contributed by atoms with van der Waals surface area (Å²) in [6.07, 6.45) is -0.960. The molecule has 2 amide bonds. The fraction of sp³-hybridized carbons (Fsp3) is 0.222. The van der Waals surface area contributed by atoms with Crippen molar-refractivity contribution < 1.29 is 27.8 Å². The van der Waals surface area contributed by atoms with Crippen molar-refractivity contribution in [3.8, 4) is 11.5 Å². The number of halogens is 2. The van der Waals surface area contributed by atoms with Crippen LogP contribution in [0.5, 0.6) is 11.5 Å². The van der Waals surface area contributed by atoms with Crippen LogP contribution in [0.3, 0.4) is 0 Å². The Labute approximate surface area is 149 Å². The Kier molecular flexibility index (Phi) is 6.48. The van der Waals surface area contributed by atoms with Gasteiger partial charge in [0.25, 0.3) is 11.8 Å². The summed E-state index contributed by atoms with van der Waals surface area (Å²) in [5, 5.41) is 0. The maximum absolute atomic E-state index is 13.5. The zero-order valence-corrected chi connectivity index (χ0v) is 14.2. The number of carbonyl (C=O) groups excluding carboxylic acids is 2. The minimum absolute atomic E-state index is 0.419. The van der Waals surface area contributed by atoms with Gasteiger partial charge in [-0.05, 0) is 50.2 Å². The molecule has 0 aliphatic rings. The first kappa shape index (κ1) is 19.2. The highest BCUT2D eigenvalue weighted by Crippen LogP contribution is 2.18. The highest BCUT2D eigenvalue weighted by atomic mass is 19.1. The molecule has 6 nitrogen and oxygen atoms in total. The molecule has 2 N–H and O–H groups in total. The summed E-state index contributed by atoms with van der Waals surface area (Å²) in [5.74, 6) is -2.78. The molecule has 0 bridgehead atoms. The third-order valence-corrected chi connectivity index (χ3v) is 3.31. The number of benzene rings is 2. The van der Waals surface area contributed by atoms with Gasteiger partial charge in [0.2, 0.25) is 0 Å². The summed E-state index contributed by atoms with van der Waals surface area (Å²) < 4.78 is 37.7. The monoisotopic (exact) mass is 364 g/mol. The van der Waals surface area contributed by atoms with Crippen LogP contribution < -0.4 is 20.3 Å². The Hall–Kier alpha value is -3.16. The van der Waals surface area contributed by atoms with Crippen molar-refractivity contribution >= 4 is 11.8 Å². The van der Waals surface area contributed by atoms with Crippen molar-refractivity contribution in [3.05, 3.63) is 59.7 Å². The smallest absolute Gasteiger partial charge is 0.279 e. The summed E-state index contributed by atoms with van der Waals surface area (Å²) in [6.45, 7) is 3.85. The lowest BCUT2D eigenvalue weighted by Crippen LogP contribution is -2.47. The summed E-state index contributed by atoms with van der Waals surface area (Å²) >= 11 is 0. The van der Waals surface area contributed by atoms with E-state index in [0.29, 0.717) is 18.1 Å². The summed E-state index contributed by atoms with van der Waals surface area (Å²) in [7, 11) is 0. The number of hydrazine groups is 1. The van der Waals surface area contributed by atoms with Gasteiger partial charge in [0.15, 0.2) is 6.10 Å². The van der Waals surface area contributed by atoms with Gasteiger partial charge >= 0.3 is 0 Å². The molecular weight excluding hydrogens is 346 g/mol. The molecule has 138 valence electrons. The van der Waals surface area contributed by atoms with E-state index >= 15 is 0 Å². The molecule has 0 saturated carbocycles. The third kappa shape index (κ3) is 4.92. The van der Waals surface area contributed by atoms with Gasteiger partial charge in [0.05, 0.1) is 6.61 Å². The number of nitrogens with one attached hydrogen (secondary N) is 2. The van der Waals surface area contributed by atoms with Gasteiger partial charge in [0.1, 0.15) is 28.7 Å². The van der Waals surface area contributed by atoms with Crippen LogP contribution in [-0.4, -0.2) is 24.5 Å². The maximum atomic E-state index is 13.5. The molecule has 26 heavy (non-hydrogen) atoms. The van der Waals surface area contributed by atoms with E-state index in [9.17, 15) is 18.4 Å². The summed E-state index contributed by atoms with van der Waals surface area (Å²) in [6, 6.07) is 9.64. The largest absolute Gasteiger partial charge is 0.494 e. The molecule has 0 aliphatic carbocycles. The first-order valence-electron chi connectivity index (χ1n) is 7.86. The number of hydrogen-bond donors (Lipinski definition) is 2. The van der Waals surface area contributed by atoms with Crippen LogP contribution in [0.25, 0.3) is 0 Å². The van der Waals surface area contributed by atoms with E-state index < -0.39 is 35.1 Å². The number of rotatable bonds is 6. The van der Waals surface area contributed by atoms with Crippen molar-refractivity contribution in [1.29, 1.82) is 0 Å². The van der Waals surface area contributed by atoms with Crippen molar-refractivity contribution in [2.75, 3.05) is 6.61 Å². The molecular formula is C18H18F2N2O4. The molecule has 1 atom stereocenters. The van der Waals surface area contributed by atoms with Gasteiger partial charge in [-0.25, -0.2) is 8.78 Å². The Morgan fingerprint density at radius 2 is 1.58 bits per heavy atom. The quantitative estimate of drug-likeness (QED) is 0.773. The fourth-order valence-electron chi connectivity index (χ4n) is 2.04. The predicted octanol–water partition coefficient (Wildman–Crippen LogP) is 2.59. The average Bonchev–Trinajstić information content (AvgIpc) is 2.61. The molecule has 1 unspecified atom stereocenters. The molecule has 0 spiro atoms. The Morgan fingerprint density at radius 1 is 1.00 bits per heavy atom. The van der Waals surface area contributed by atoms with Gasteiger partial charge < -0.3 is 9.47 Å². The fourth-order valence-corrected chi connectivity index (χ4v) is 2.04. The zero-order valence-electron chi connectivity index (χ0n) is 14.2. The zero-order chi connectivity index (χ0) is 19.1. The van der Waals surface area contributed by atoms with E-state index in [0.717, 1.165) is 18.2 Å². The number of amides is 2. The maximum Gasteiger partial charge on any atom is 0.279 e. The van der Waals surface area contributed by atoms with E-state index in [1.54, 1.807) is 24.3 Å². The third-order valence-electron chi connectivity index (χ3n) is 3.31. The second-order valence-electron chi connectivity index (χ2n) is 5.20. The lowest BCUT2D eigenvalue weighted by Gasteiger charge is -2.15. The van der Waals surface area contributed by atoms with Crippen molar-refractivity contribution in [1.82, 2.24) is 10.9 Å². The molecule has 0 aliphatic heterocycles. The van der Waals surface area contributed by atoms with Crippen LogP contribution >= 0.6 is 0 Å². The minimum atomic E-state index is -1.11. The number of ether oxygens (including phenoxy) is 2. The Bertz CT molecular complexity index is 761. The van der Waals surface area contributed by atoms with Gasteiger partial charge in [-0.3, -0.25) is 20.4 Å². The molecule has 8 heteroatoms. The standard InChI is InChI=1S/C18H18F2N2O4/c1-3-25-12-7-9-13(10-8-12)26-11(2)17(23)21-22-18(24)16-14(19)5-4-6-15(16)20/h4-11H,3H2,1-2H3,(H,21,23)(H,22,24). The van der Waals surface area contributed by atoms with Crippen molar-refractivity contribution in [2.45, 2.75) is 20.0 Å². The first-order chi connectivity index (χ1) is 12.4. The molecule has 0 aromatic heterocycles. The molecule has 0 fully saturated rings. The van der Waals surface area contributed by atoms with E-state index in [4.69, 9.17) is 9.47 Å². The van der Waals surface area contributed by atoms with Crippen LogP contribution in [0.4, 0.5) is 8.78 Å². The van der Waals surface area contributed by atoms with Gasteiger partial charge in [-0.2, -0.15) is 0 Å². The average molecular weight is 364 g/mol. The molecule has 0 radical (unpaired) electrons. The summed E-state index contributed by atoms with van der Waals surface area (Å²) in [4.78, 5) is 23.8. The molecule has 0 heterocycles. The van der Waals surface area contributed by atoms with Crippen LogP contribution in [-0.2, 0) is 4.79 Å². The van der Waals surface area contributed by atoms with Gasteiger partial charge in [-0.15, -0.1) is 0 Å². The molecule has 2 aromatic carbocycles. The van der Waals surface area contributed by atoms with Gasteiger partial charge in [-0.1, -0.05) is 6.07 Å². The predicted molar refractivity (Wildman–Crippen MR) is 89.7 cm³/mol. The minimum Gasteiger partial charge on any atom is -0.494 e. The van der Waals surface area contributed by atoms with Crippen molar-refractivity contribution in [2.24, 2.45) is 0 Å². The topological polar surface area (TPSA) is 76.7 Å². The second-order valence-corrected chi connectivity index (χ2v) is 5.20. The molecule has 2 aromatic rings. The van der Waals surface area contributed by atoms with Crippen LogP contribution in [0, 0.1) is 11.6 Å².